The van der Waals surface area contributed by atoms with Gasteiger partial charge in [-0.1, -0.05) is 37.3 Å². The summed E-state index contributed by atoms with van der Waals surface area (Å²) in [5.41, 5.74) is 5.45. The fourth-order valence-corrected chi connectivity index (χ4v) is 5.89. The van der Waals surface area contributed by atoms with E-state index in [1.807, 2.05) is 0 Å². The molecule has 6 heteroatoms. The van der Waals surface area contributed by atoms with E-state index in [1.54, 1.807) is 0 Å². The fourth-order valence-electron chi connectivity index (χ4n) is 5.89. The second-order valence-corrected chi connectivity index (χ2v) is 10.6. The van der Waals surface area contributed by atoms with Crippen LogP contribution in [0, 0.1) is 0 Å². The molecular weight excluding hydrogens is 436 g/mol. The van der Waals surface area contributed by atoms with Gasteiger partial charge in [-0.05, 0) is 48.6 Å². The van der Waals surface area contributed by atoms with E-state index < -0.39 is 0 Å². The molecule has 0 aromatic heterocycles. The number of hydrogen-bond acceptors (Lipinski definition) is 6. The monoisotopic (exact) mass is 478 g/mol. The lowest BCUT2D eigenvalue weighted by molar-refractivity contribution is 0.0682. The third kappa shape index (κ3) is 6.18. The molecule has 0 spiro atoms. The molecule has 5 rings (SSSR count). The van der Waals surface area contributed by atoms with Gasteiger partial charge in [-0.15, -0.1) is 0 Å². The Bertz CT molecular complexity index is 975. The summed E-state index contributed by atoms with van der Waals surface area (Å²) in [5.74, 6) is 0.990. The Labute approximate surface area is 211 Å². The van der Waals surface area contributed by atoms with Crippen molar-refractivity contribution >= 4 is 5.69 Å². The van der Waals surface area contributed by atoms with Crippen molar-refractivity contribution in [2.75, 3.05) is 64.3 Å². The number of aliphatic hydroxyl groups excluding tert-OH is 1. The standard InChI is InChI=1S/C29H42N4O2/c1-3-31-14-11-27(12-15-31)35-28-9-8-25-20-33(17-16-30(2)29(25)18-28)22-26(34)21-32-13-10-23-6-4-5-7-24(23)19-32/h4-9,18,26-27,34H,3,10-17,19-22H2,1-2H3/t26-/m1/s1. The van der Waals surface area contributed by atoms with Crippen LogP contribution in [0.3, 0.4) is 0 Å². The van der Waals surface area contributed by atoms with Gasteiger partial charge in [0, 0.05) is 77.7 Å². The summed E-state index contributed by atoms with van der Waals surface area (Å²) >= 11 is 0. The number of rotatable bonds is 7. The average molecular weight is 479 g/mol. The van der Waals surface area contributed by atoms with Gasteiger partial charge in [0.15, 0.2) is 0 Å². The number of piperidine rings is 1. The maximum atomic E-state index is 10.9. The Morgan fingerprint density at radius 3 is 2.34 bits per heavy atom. The Morgan fingerprint density at radius 1 is 0.857 bits per heavy atom. The molecule has 0 radical (unpaired) electrons. The number of likely N-dealkylation sites (N-methyl/N-ethyl adjacent to an activating group) is 1. The molecule has 35 heavy (non-hydrogen) atoms. The molecule has 1 saturated heterocycles. The van der Waals surface area contributed by atoms with E-state index in [4.69, 9.17) is 4.74 Å². The topological polar surface area (TPSA) is 42.4 Å². The van der Waals surface area contributed by atoms with Crippen molar-refractivity contribution < 1.29 is 9.84 Å². The Kier molecular flexibility index (Phi) is 7.93. The molecule has 1 fully saturated rings. The smallest absolute Gasteiger partial charge is 0.121 e. The largest absolute Gasteiger partial charge is 0.490 e. The van der Waals surface area contributed by atoms with Crippen molar-refractivity contribution in [2.45, 2.75) is 51.5 Å². The fraction of sp³-hybridized carbons (Fsp3) is 0.586. The van der Waals surface area contributed by atoms with Crippen molar-refractivity contribution in [3.8, 4) is 5.75 Å². The second-order valence-electron chi connectivity index (χ2n) is 10.6. The summed E-state index contributed by atoms with van der Waals surface area (Å²) in [7, 11) is 2.17. The van der Waals surface area contributed by atoms with Crippen molar-refractivity contribution in [1.29, 1.82) is 0 Å². The second kappa shape index (κ2) is 11.3. The van der Waals surface area contributed by atoms with Gasteiger partial charge in [-0.2, -0.15) is 0 Å². The van der Waals surface area contributed by atoms with Gasteiger partial charge in [-0.3, -0.25) is 9.80 Å². The molecule has 3 aliphatic heterocycles. The van der Waals surface area contributed by atoms with Gasteiger partial charge in [0.2, 0.25) is 0 Å². The Morgan fingerprint density at radius 2 is 1.57 bits per heavy atom. The van der Waals surface area contributed by atoms with Crippen LogP contribution in [-0.2, 0) is 19.5 Å². The number of fused-ring (bicyclic) bond motifs is 2. The normalized spacial score (nSPS) is 21.3. The number of likely N-dealkylation sites (tertiary alicyclic amines) is 1. The molecule has 0 aliphatic carbocycles. The Balaban J connectivity index is 1.16. The van der Waals surface area contributed by atoms with Crippen LogP contribution in [0.15, 0.2) is 42.5 Å². The highest BCUT2D eigenvalue weighted by atomic mass is 16.5. The lowest BCUT2D eigenvalue weighted by atomic mass is 10.00. The quantitative estimate of drug-likeness (QED) is 0.659. The van der Waals surface area contributed by atoms with Crippen molar-refractivity contribution in [3.05, 3.63) is 59.2 Å². The summed E-state index contributed by atoms with van der Waals surface area (Å²) in [4.78, 5) is 9.65. The van der Waals surface area contributed by atoms with Gasteiger partial charge in [0.25, 0.3) is 0 Å². The summed E-state index contributed by atoms with van der Waals surface area (Å²) < 4.78 is 6.39. The van der Waals surface area contributed by atoms with Gasteiger partial charge in [0.05, 0.1) is 6.10 Å². The van der Waals surface area contributed by atoms with Crippen LogP contribution >= 0.6 is 0 Å². The minimum Gasteiger partial charge on any atom is -0.490 e. The zero-order chi connectivity index (χ0) is 24.2. The third-order valence-corrected chi connectivity index (χ3v) is 8.05. The summed E-state index contributed by atoms with van der Waals surface area (Å²) in [5, 5.41) is 10.9. The Hall–Kier alpha value is -2.12. The van der Waals surface area contributed by atoms with Gasteiger partial charge in [0.1, 0.15) is 11.9 Å². The first-order chi connectivity index (χ1) is 17.1. The number of ether oxygens (including phenoxy) is 1. The molecule has 6 nitrogen and oxygen atoms in total. The molecular formula is C29H42N4O2. The minimum atomic E-state index is -0.344. The summed E-state index contributed by atoms with van der Waals surface area (Å²) in [6.07, 6.45) is 3.26. The minimum absolute atomic E-state index is 0.320. The van der Waals surface area contributed by atoms with Gasteiger partial charge >= 0.3 is 0 Å². The molecule has 0 saturated carbocycles. The molecule has 190 valence electrons. The molecule has 0 bridgehead atoms. The zero-order valence-corrected chi connectivity index (χ0v) is 21.5. The molecule has 3 aliphatic rings. The lowest BCUT2D eigenvalue weighted by Gasteiger charge is -2.32. The van der Waals surface area contributed by atoms with Crippen LogP contribution in [0.5, 0.6) is 5.75 Å². The molecule has 3 heterocycles. The van der Waals surface area contributed by atoms with Crippen LogP contribution in [0.4, 0.5) is 5.69 Å². The predicted octanol–water partition coefficient (Wildman–Crippen LogP) is 3.22. The van der Waals surface area contributed by atoms with E-state index in [0.29, 0.717) is 12.6 Å². The lowest BCUT2D eigenvalue weighted by Crippen LogP contribution is -2.42. The first kappa shape index (κ1) is 24.6. The van der Waals surface area contributed by atoms with E-state index in [2.05, 4.69) is 76.0 Å². The average Bonchev–Trinajstić information content (AvgIpc) is 3.03. The molecule has 1 N–H and O–H groups in total. The maximum absolute atomic E-state index is 10.9. The van der Waals surface area contributed by atoms with Crippen LogP contribution < -0.4 is 9.64 Å². The highest BCUT2D eigenvalue weighted by Crippen LogP contribution is 2.30. The third-order valence-electron chi connectivity index (χ3n) is 8.05. The number of hydrogen-bond donors (Lipinski definition) is 1. The van der Waals surface area contributed by atoms with Crippen LogP contribution in [0.1, 0.15) is 36.5 Å². The first-order valence-electron chi connectivity index (χ1n) is 13.5. The molecule has 0 amide bonds. The summed E-state index contributed by atoms with van der Waals surface area (Å²) in [6.45, 7) is 11.8. The van der Waals surface area contributed by atoms with Gasteiger partial charge < -0.3 is 19.6 Å². The van der Waals surface area contributed by atoms with Crippen LogP contribution in [-0.4, -0.2) is 91.4 Å². The predicted molar refractivity (Wildman–Crippen MR) is 142 cm³/mol. The molecule has 2 aromatic carbocycles. The highest BCUT2D eigenvalue weighted by molar-refractivity contribution is 5.57. The first-order valence-corrected chi connectivity index (χ1v) is 13.5. The van der Waals surface area contributed by atoms with Crippen molar-refractivity contribution in [2.24, 2.45) is 0 Å². The molecule has 2 aromatic rings. The van der Waals surface area contributed by atoms with Crippen LogP contribution in [0.2, 0.25) is 0 Å². The maximum Gasteiger partial charge on any atom is 0.121 e. The number of anilines is 1. The van der Waals surface area contributed by atoms with Crippen LogP contribution in [0.25, 0.3) is 0 Å². The summed E-state index contributed by atoms with van der Waals surface area (Å²) in [6, 6.07) is 15.3. The van der Waals surface area contributed by atoms with E-state index >= 15 is 0 Å². The molecule has 1 atom stereocenters. The number of nitrogens with zero attached hydrogens (tertiary/aromatic N) is 4. The van der Waals surface area contributed by atoms with Gasteiger partial charge in [-0.25, -0.2) is 0 Å². The van der Waals surface area contributed by atoms with E-state index in [9.17, 15) is 5.11 Å². The van der Waals surface area contributed by atoms with E-state index in [-0.39, 0.29) is 6.10 Å². The number of β-amino-alcohol motifs (C(OH)–C–C–N with tert-alkyl or cyclic N) is 1. The van der Waals surface area contributed by atoms with E-state index in [1.165, 1.54) is 22.4 Å². The zero-order valence-electron chi connectivity index (χ0n) is 21.5. The molecule has 0 unspecified atom stereocenters. The van der Waals surface area contributed by atoms with Crippen molar-refractivity contribution in [1.82, 2.24) is 14.7 Å². The van der Waals surface area contributed by atoms with E-state index in [0.717, 1.165) is 83.9 Å². The van der Waals surface area contributed by atoms with Crippen molar-refractivity contribution in [3.63, 3.8) is 0 Å². The number of benzene rings is 2. The SMILES string of the molecule is CCN1CCC(Oc2ccc3c(c2)N(C)CCN(C[C@H](O)CN2CCc4ccccc4C2)C3)CC1. The highest BCUT2D eigenvalue weighted by Gasteiger charge is 2.24. The number of aliphatic hydroxyl groups is 1.